The molecule has 0 radical (unpaired) electrons. The second-order valence-corrected chi connectivity index (χ2v) is 5.90. The number of aliphatic hydroxyl groups is 1. The molecule has 0 bridgehead atoms. The first-order valence-electron chi connectivity index (χ1n) is 9.97. The predicted octanol–water partition coefficient (Wildman–Crippen LogP) is 6.00. The van der Waals surface area contributed by atoms with Crippen LogP contribution >= 0.6 is 0 Å². The second kappa shape index (κ2) is 21.9. The number of rotatable bonds is 16. The monoisotopic (exact) mass is 372 g/mol. The molecule has 0 saturated heterocycles. The van der Waals surface area contributed by atoms with Crippen LogP contribution in [-0.4, -0.2) is 24.3 Å². The molecule has 150 valence electrons. The largest absolute Gasteiger partial charge is 0.463 e. The molecule has 0 spiro atoms. The third kappa shape index (κ3) is 21.8. The van der Waals surface area contributed by atoms with E-state index in [0.29, 0.717) is 12.8 Å². The van der Waals surface area contributed by atoms with Crippen LogP contribution in [-0.2, 0) is 9.53 Å². The molecular formula is C24H36O3. The van der Waals surface area contributed by atoms with E-state index < -0.39 is 0 Å². The van der Waals surface area contributed by atoms with Gasteiger partial charge in [-0.05, 0) is 44.9 Å². The molecular weight excluding hydrogens is 336 g/mol. The first-order valence-corrected chi connectivity index (χ1v) is 9.97. The molecule has 27 heavy (non-hydrogen) atoms. The van der Waals surface area contributed by atoms with Crippen molar-refractivity contribution in [2.24, 2.45) is 0 Å². The highest BCUT2D eigenvalue weighted by Crippen LogP contribution is 1.98. The molecule has 0 aliphatic heterocycles. The maximum Gasteiger partial charge on any atom is 0.306 e. The van der Waals surface area contributed by atoms with Gasteiger partial charge in [0.15, 0.2) is 0 Å². The summed E-state index contributed by atoms with van der Waals surface area (Å²) in [6.07, 6.45) is 32.8. The lowest BCUT2D eigenvalue weighted by Gasteiger charge is -1.99. The van der Waals surface area contributed by atoms with Crippen molar-refractivity contribution in [1.29, 1.82) is 0 Å². The number of hydrogen-bond donors (Lipinski definition) is 1. The van der Waals surface area contributed by atoms with Crippen LogP contribution in [0.15, 0.2) is 72.9 Å². The van der Waals surface area contributed by atoms with Crippen molar-refractivity contribution in [1.82, 2.24) is 0 Å². The molecule has 0 rings (SSSR count). The van der Waals surface area contributed by atoms with Gasteiger partial charge in [-0.25, -0.2) is 0 Å². The van der Waals surface area contributed by atoms with Gasteiger partial charge >= 0.3 is 5.97 Å². The molecule has 3 nitrogen and oxygen atoms in total. The quantitative estimate of drug-likeness (QED) is 0.267. The maximum atomic E-state index is 11.2. The lowest BCUT2D eigenvalue weighted by molar-refractivity contribution is -0.144. The lowest BCUT2D eigenvalue weighted by Crippen LogP contribution is -2.07. The topological polar surface area (TPSA) is 46.5 Å². The fourth-order valence-electron chi connectivity index (χ4n) is 2.07. The molecule has 1 N–H and O–H groups in total. The van der Waals surface area contributed by atoms with Crippen LogP contribution in [0.25, 0.3) is 0 Å². The molecule has 3 heteroatoms. The average molecular weight is 373 g/mol. The summed E-state index contributed by atoms with van der Waals surface area (Å²) in [5.41, 5.74) is 0. The van der Waals surface area contributed by atoms with Gasteiger partial charge < -0.3 is 9.84 Å². The lowest BCUT2D eigenvalue weighted by atomic mass is 10.2. The second-order valence-electron chi connectivity index (χ2n) is 5.90. The Kier molecular flexibility index (Phi) is 20.2. The number of carbonyl (C=O) groups is 1. The summed E-state index contributed by atoms with van der Waals surface area (Å²) in [5.74, 6) is -0.261. The fraction of sp³-hybridized carbons (Fsp3) is 0.458. The van der Waals surface area contributed by atoms with Crippen LogP contribution in [0, 0.1) is 0 Å². The number of aliphatic hydroxyl groups excluding tert-OH is 1. The Morgan fingerprint density at radius 2 is 1.11 bits per heavy atom. The number of esters is 1. The van der Waals surface area contributed by atoms with Gasteiger partial charge in [-0.2, -0.15) is 0 Å². The van der Waals surface area contributed by atoms with Crippen molar-refractivity contribution >= 4 is 5.97 Å². The summed E-state index contributed by atoms with van der Waals surface area (Å²) in [5, 5.41) is 8.54. The molecule has 0 amide bonds. The maximum absolute atomic E-state index is 11.2. The van der Waals surface area contributed by atoms with E-state index in [0.717, 1.165) is 38.5 Å². The highest BCUT2D eigenvalue weighted by molar-refractivity contribution is 5.69. The van der Waals surface area contributed by atoms with E-state index in [9.17, 15) is 4.79 Å². The summed E-state index contributed by atoms with van der Waals surface area (Å²) >= 11 is 0. The Hall–Kier alpha value is -2.13. The van der Waals surface area contributed by atoms with Crippen molar-refractivity contribution in [3.63, 3.8) is 0 Å². The van der Waals surface area contributed by atoms with Crippen molar-refractivity contribution in [3.8, 4) is 0 Å². The third-order valence-electron chi connectivity index (χ3n) is 3.47. The summed E-state index contributed by atoms with van der Waals surface area (Å²) in [6, 6.07) is 0. The van der Waals surface area contributed by atoms with Crippen LogP contribution in [0.5, 0.6) is 0 Å². The van der Waals surface area contributed by atoms with E-state index in [1.165, 1.54) is 0 Å². The van der Waals surface area contributed by atoms with Gasteiger partial charge in [0.25, 0.3) is 0 Å². The molecule has 0 aromatic heterocycles. The molecule has 0 atom stereocenters. The zero-order chi connectivity index (χ0) is 19.8. The summed E-state index contributed by atoms with van der Waals surface area (Å²) in [4.78, 5) is 11.2. The van der Waals surface area contributed by atoms with Crippen molar-refractivity contribution in [3.05, 3.63) is 72.9 Å². The zero-order valence-corrected chi connectivity index (χ0v) is 16.8. The van der Waals surface area contributed by atoms with Crippen LogP contribution in [0.3, 0.4) is 0 Å². The van der Waals surface area contributed by atoms with Crippen molar-refractivity contribution in [2.75, 3.05) is 13.2 Å². The molecule has 0 heterocycles. The number of carbonyl (C=O) groups excluding carboxylic acids is 1. The molecule has 0 fully saturated rings. The van der Waals surface area contributed by atoms with E-state index in [1.807, 2.05) is 12.2 Å². The molecule has 0 aromatic rings. The van der Waals surface area contributed by atoms with E-state index in [1.54, 1.807) is 0 Å². The van der Waals surface area contributed by atoms with Crippen LogP contribution in [0.1, 0.15) is 58.3 Å². The zero-order valence-electron chi connectivity index (χ0n) is 16.8. The minimum atomic E-state index is -0.261. The average Bonchev–Trinajstić information content (AvgIpc) is 2.68. The standard InChI is InChI=1S/C24H36O3/c1-2-3-4-5-6-7-8-9-10-11-12-13-14-15-16-17-18-19-20-21-24(26)27-23-22-25/h3-4,6-7,9-10,12-13,15-16,18-19,25H,2,5,8,11,14,17,20-23H2,1H3/b4-3-,7-6-,10-9-,13-12-,16-15-,19-18-. The van der Waals surface area contributed by atoms with Crippen LogP contribution in [0.2, 0.25) is 0 Å². The predicted molar refractivity (Wildman–Crippen MR) is 115 cm³/mol. The van der Waals surface area contributed by atoms with Crippen molar-refractivity contribution < 1.29 is 14.6 Å². The summed E-state index contributed by atoms with van der Waals surface area (Å²) < 4.78 is 4.77. The molecule has 0 saturated carbocycles. The number of hydrogen-bond acceptors (Lipinski definition) is 3. The van der Waals surface area contributed by atoms with E-state index in [2.05, 4.69) is 67.7 Å². The Balaban J connectivity index is 3.54. The van der Waals surface area contributed by atoms with E-state index >= 15 is 0 Å². The molecule has 0 aromatic carbocycles. The Bertz CT molecular complexity index is 508. The number of ether oxygens (including phenoxy) is 1. The summed E-state index contributed by atoms with van der Waals surface area (Å²) in [6.45, 7) is 2.11. The summed E-state index contributed by atoms with van der Waals surface area (Å²) in [7, 11) is 0. The van der Waals surface area contributed by atoms with E-state index in [4.69, 9.17) is 9.84 Å². The van der Waals surface area contributed by atoms with Crippen molar-refractivity contribution in [2.45, 2.75) is 58.3 Å². The molecule has 0 aliphatic carbocycles. The van der Waals surface area contributed by atoms with Gasteiger partial charge in [-0.15, -0.1) is 0 Å². The molecule has 0 aliphatic rings. The highest BCUT2D eigenvalue weighted by Gasteiger charge is 1.98. The van der Waals surface area contributed by atoms with Gasteiger partial charge in [0.05, 0.1) is 6.61 Å². The highest BCUT2D eigenvalue weighted by atomic mass is 16.5. The molecule has 0 unspecified atom stereocenters. The van der Waals surface area contributed by atoms with Gasteiger partial charge in [0.1, 0.15) is 6.61 Å². The Morgan fingerprint density at radius 1 is 0.704 bits per heavy atom. The normalized spacial score (nSPS) is 12.8. The Labute approximate surface area is 165 Å². The third-order valence-corrected chi connectivity index (χ3v) is 3.47. The van der Waals surface area contributed by atoms with Gasteiger partial charge in [0.2, 0.25) is 0 Å². The fourth-order valence-corrected chi connectivity index (χ4v) is 2.07. The minimum absolute atomic E-state index is 0.0859. The van der Waals surface area contributed by atoms with Crippen LogP contribution in [0.4, 0.5) is 0 Å². The SMILES string of the molecule is CC/C=C\C/C=C\C/C=C\C/C=C\C/C=C\C/C=C\CCC(=O)OCCO. The minimum Gasteiger partial charge on any atom is -0.463 e. The smallest absolute Gasteiger partial charge is 0.306 e. The Morgan fingerprint density at radius 3 is 1.52 bits per heavy atom. The first kappa shape index (κ1) is 24.9. The van der Waals surface area contributed by atoms with E-state index in [-0.39, 0.29) is 19.2 Å². The number of allylic oxidation sites excluding steroid dienone is 12. The van der Waals surface area contributed by atoms with Gasteiger partial charge in [0, 0.05) is 6.42 Å². The first-order chi connectivity index (χ1) is 13.3. The van der Waals surface area contributed by atoms with Gasteiger partial charge in [-0.1, -0.05) is 79.8 Å². The van der Waals surface area contributed by atoms with Gasteiger partial charge in [-0.3, -0.25) is 4.79 Å². The van der Waals surface area contributed by atoms with Crippen LogP contribution < -0.4 is 0 Å².